The minimum Gasteiger partial charge on any atom is -0.495 e. The predicted octanol–water partition coefficient (Wildman–Crippen LogP) is 2.59. The molecule has 0 unspecified atom stereocenters. The Morgan fingerprint density at radius 1 is 1.54 bits per heavy atom. The molecule has 0 aliphatic rings. The van der Waals surface area contributed by atoms with Crippen LogP contribution in [0.25, 0.3) is 5.76 Å². The fourth-order valence-corrected chi connectivity index (χ4v) is 1.07. The van der Waals surface area contributed by atoms with Crippen LogP contribution >= 0.6 is 0 Å². The van der Waals surface area contributed by atoms with Crippen LogP contribution in [-0.4, -0.2) is 12.1 Å². The minimum atomic E-state index is -0.0761. The van der Waals surface area contributed by atoms with Crippen molar-refractivity contribution < 1.29 is 9.15 Å². The molecule has 1 rings (SSSR count). The summed E-state index contributed by atoms with van der Waals surface area (Å²) in [6.07, 6.45) is 1.42. The monoisotopic (exact) mass is 181 g/mol. The number of ether oxygens (including phenoxy) is 1. The minimum absolute atomic E-state index is 0.0761. The van der Waals surface area contributed by atoms with Gasteiger partial charge in [-0.25, -0.2) is 4.98 Å². The average molecular weight is 181 g/mol. The Labute approximate surface area is 78.4 Å². The van der Waals surface area contributed by atoms with Crippen molar-refractivity contribution in [2.24, 2.45) is 0 Å². The third-order valence-corrected chi connectivity index (χ3v) is 1.76. The summed E-state index contributed by atoms with van der Waals surface area (Å²) in [5.41, 5.74) is 0.628. The molecule has 3 nitrogen and oxygen atoms in total. The van der Waals surface area contributed by atoms with E-state index in [4.69, 9.17) is 9.15 Å². The Kier molecular flexibility index (Phi) is 2.45. The van der Waals surface area contributed by atoms with Crippen molar-refractivity contribution in [1.29, 1.82) is 0 Å². The largest absolute Gasteiger partial charge is 0.495 e. The van der Waals surface area contributed by atoms with Crippen LogP contribution in [0.4, 0.5) is 0 Å². The van der Waals surface area contributed by atoms with Crippen molar-refractivity contribution in [3.8, 4) is 0 Å². The average Bonchev–Trinajstić information content (AvgIpc) is 2.49. The predicted molar refractivity (Wildman–Crippen MR) is 51.2 cm³/mol. The molecule has 0 bridgehead atoms. The van der Waals surface area contributed by atoms with E-state index in [2.05, 4.69) is 32.3 Å². The zero-order valence-electron chi connectivity index (χ0n) is 8.55. The summed E-state index contributed by atoms with van der Waals surface area (Å²) in [6.45, 7) is 9.91. The summed E-state index contributed by atoms with van der Waals surface area (Å²) >= 11 is 0. The van der Waals surface area contributed by atoms with Crippen molar-refractivity contribution in [1.82, 2.24) is 4.98 Å². The first-order chi connectivity index (χ1) is 5.96. The smallest absolute Gasteiger partial charge is 0.181 e. The first kappa shape index (κ1) is 9.84. The van der Waals surface area contributed by atoms with Gasteiger partial charge in [0, 0.05) is 5.41 Å². The first-order valence-corrected chi connectivity index (χ1v) is 4.14. The molecule has 0 amide bonds. The third kappa shape index (κ3) is 1.91. The van der Waals surface area contributed by atoms with Gasteiger partial charge in [0.1, 0.15) is 17.2 Å². The van der Waals surface area contributed by atoms with Gasteiger partial charge in [-0.2, -0.15) is 0 Å². The lowest BCUT2D eigenvalue weighted by Crippen LogP contribution is -2.12. The molecule has 0 N–H and O–H groups in total. The number of aromatic nitrogens is 1. The summed E-state index contributed by atoms with van der Waals surface area (Å²) in [6, 6.07) is 0. The maximum atomic E-state index is 5.30. The molecular weight excluding hydrogens is 166 g/mol. The fourth-order valence-electron chi connectivity index (χ4n) is 1.07. The van der Waals surface area contributed by atoms with Crippen LogP contribution in [0.1, 0.15) is 32.2 Å². The van der Waals surface area contributed by atoms with Crippen LogP contribution in [0.2, 0.25) is 0 Å². The molecule has 0 spiro atoms. The summed E-state index contributed by atoms with van der Waals surface area (Å²) in [7, 11) is 1.57. The summed E-state index contributed by atoms with van der Waals surface area (Å²) in [5, 5.41) is 0. The second-order valence-corrected chi connectivity index (χ2v) is 3.91. The molecule has 0 fully saturated rings. The molecule has 1 aromatic rings. The van der Waals surface area contributed by atoms with Gasteiger partial charge in [-0.3, -0.25) is 0 Å². The van der Waals surface area contributed by atoms with Gasteiger partial charge in [0.25, 0.3) is 0 Å². The molecule has 72 valence electrons. The fraction of sp³-hybridized carbons (Fsp3) is 0.500. The van der Waals surface area contributed by atoms with Crippen LogP contribution in [0.15, 0.2) is 17.4 Å². The highest BCUT2D eigenvalue weighted by Gasteiger charge is 2.24. The zero-order valence-corrected chi connectivity index (χ0v) is 8.55. The molecule has 0 saturated heterocycles. The highest BCUT2D eigenvalue weighted by Crippen LogP contribution is 2.28. The van der Waals surface area contributed by atoms with Gasteiger partial charge in [0.15, 0.2) is 6.39 Å². The highest BCUT2D eigenvalue weighted by molar-refractivity contribution is 5.56. The number of nitrogens with zero attached hydrogens (tertiary/aromatic N) is 1. The third-order valence-electron chi connectivity index (χ3n) is 1.76. The van der Waals surface area contributed by atoms with Gasteiger partial charge in [-0.15, -0.1) is 0 Å². The Hall–Kier alpha value is -1.25. The lowest BCUT2D eigenvalue weighted by Gasteiger charge is -2.16. The highest BCUT2D eigenvalue weighted by atomic mass is 16.5. The van der Waals surface area contributed by atoms with Gasteiger partial charge in [-0.05, 0) is 0 Å². The molecule has 0 radical (unpaired) electrons. The standard InChI is InChI=1S/C10H15NO2/c1-7(12-5)8-9(10(2,3)4)13-6-11-8/h6H,1H2,2-5H3. The summed E-state index contributed by atoms with van der Waals surface area (Å²) in [4.78, 5) is 4.06. The van der Waals surface area contributed by atoms with Crippen LogP contribution in [0.5, 0.6) is 0 Å². The molecule has 3 heteroatoms. The Morgan fingerprint density at radius 2 is 2.15 bits per heavy atom. The quantitative estimate of drug-likeness (QED) is 0.658. The number of rotatable bonds is 2. The van der Waals surface area contributed by atoms with E-state index in [1.807, 2.05) is 0 Å². The van der Waals surface area contributed by atoms with E-state index >= 15 is 0 Å². The second kappa shape index (κ2) is 3.24. The molecule has 0 atom stereocenters. The van der Waals surface area contributed by atoms with Gasteiger partial charge in [-0.1, -0.05) is 27.4 Å². The maximum Gasteiger partial charge on any atom is 0.181 e. The van der Waals surface area contributed by atoms with Gasteiger partial charge in [0.2, 0.25) is 0 Å². The Balaban J connectivity index is 3.10. The van der Waals surface area contributed by atoms with Crippen molar-refractivity contribution >= 4 is 5.76 Å². The van der Waals surface area contributed by atoms with E-state index in [1.54, 1.807) is 7.11 Å². The summed E-state index contributed by atoms with van der Waals surface area (Å²) in [5.74, 6) is 1.35. The molecular formula is C10H15NO2. The number of hydrogen-bond acceptors (Lipinski definition) is 3. The summed E-state index contributed by atoms with van der Waals surface area (Å²) < 4.78 is 10.3. The number of hydrogen-bond donors (Lipinski definition) is 0. The SMILES string of the molecule is C=C(OC)c1ncoc1C(C)(C)C. The van der Waals surface area contributed by atoms with Gasteiger partial charge >= 0.3 is 0 Å². The van der Waals surface area contributed by atoms with E-state index in [0.29, 0.717) is 11.5 Å². The second-order valence-electron chi connectivity index (χ2n) is 3.91. The molecule has 1 heterocycles. The van der Waals surface area contributed by atoms with Crippen molar-refractivity contribution in [2.75, 3.05) is 7.11 Å². The van der Waals surface area contributed by atoms with Crippen LogP contribution < -0.4 is 0 Å². The normalized spacial score (nSPS) is 11.4. The van der Waals surface area contributed by atoms with Crippen molar-refractivity contribution in [3.05, 3.63) is 24.4 Å². The van der Waals surface area contributed by atoms with E-state index in [-0.39, 0.29) is 5.41 Å². The molecule has 0 saturated carbocycles. The molecule has 1 aromatic heterocycles. The van der Waals surface area contributed by atoms with Crippen LogP contribution in [-0.2, 0) is 10.2 Å². The zero-order chi connectivity index (χ0) is 10.1. The lowest BCUT2D eigenvalue weighted by atomic mass is 9.91. The van der Waals surface area contributed by atoms with Gasteiger partial charge in [0.05, 0.1) is 7.11 Å². The number of oxazole rings is 1. The molecule has 0 aromatic carbocycles. The van der Waals surface area contributed by atoms with E-state index in [1.165, 1.54) is 6.39 Å². The lowest BCUT2D eigenvalue weighted by molar-refractivity contribution is 0.361. The van der Waals surface area contributed by atoms with Crippen LogP contribution in [0, 0.1) is 0 Å². The number of methoxy groups -OCH3 is 1. The maximum absolute atomic E-state index is 5.30. The van der Waals surface area contributed by atoms with Gasteiger partial charge < -0.3 is 9.15 Å². The van der Waals surface area contributed by atoms with E-state index in [9.17, 15) is 0 Å². The molecule has 13 heavy (non-hydrogen) atoms. The van der Waals surface area contributed by atoms with Crippen molar-refractivity contribution in [3.63, 3.8) is 0 Å². The Bertz CT molecular complexity index is 307. The van der Waals surface area contributed by atoms with E-state index in [0.717, 1.165) is 5.76 Å². The van der Waals surface area contributed by atoms with Crippen LogP contribution in [0.3, 0.4) is 0 Å². The Morgan fingerprint density at radius 3 is 2.62 bits per heavy atom. The van der Waals surface area contributed by atoms with E-state index < -0.39 is 0 Å². The molecule has 0 aliphatic carbocycles. The first-order valence-electron chi connectivity index (χ1n) is 4.14. The molecule has 0 aliphatic heterocycles. The van der Waals surface area contributed by atoms with Crippen molar-refractivity contribution in [2.45, 2.75) is 26.2 Å². The topological polar surface area (TPSA) is 35.3 Å².